The molecule has 1 aromatic heterocycles. The van der Waals surface area contributed by atoms with Crippen molar-refractivity contribution in [3.05, 3.63) is 40.8 Å². The minimum absolute atomic E-state index is 0.00525. The van der Waals surface area contributed by atoms with E-state index < -0.39 is 69.9 Å². The first-order valence-electron chi connectivity index (χ1n) is 12.3. The number of halogens is 2. The van der Waals surface area contributed by atoms with E-state index in [1.807, 2.05) is 6.26 Å². The van der Waals surface area contributed by atoms with Crippen molar-refractivity contribution in [3.8, 4) is 0 Å². The Morgan fingerprint density at radius 1 is 1.22 bits per heavy atom. The first kappa shape index (κ1) is 26.6. The molecular formula is C27H30F2O6S2. The fourth-order valence-corrected chi connectivity index (χ4v) is 9.40. The second-order valence-electron chi connectivity index (χ2n) is 11.2. The lowest BCUT2D eigenvalue weighted by Crippen LogP contribution is -2.71. The molecule has 6 nitrogen and oxygen atoms in total. The van der Waals surface area contributed by atoms with E-state index in [2.05, 4.69) is 0 Å². The number of rotatable bonds is 4. The summed E-state index contributed by atoms with van der Waals surface area (Å²) in [7, 11) is 0. The normalized spacial score (nSPS) is 44.5. The third-order valence-electron chi connectivity index (χ3n) is 9.72. The van der Waals surface area contributed by atoms with Crippen LogP contribution in [0, 0.1) is 28.6 Å². The third-order valence-corrected chi connectivity index (χ3v) is 11.9. The number of alkyl halides is 2. The monoisotopic (exact) mass is 552 g/mol. The lowest BCUT2D eigenvalue weighted by atomic mass is 9.44. The smallest absolute Gasteiger partial charge is 0.349 e. The second-order valence-corrected chi connectivity index (χ2v) is 13.4. The average molecular weight is 553 g/mol. The maximum Gasteiger partial charge on any atom is 0.349 e. The maximum absolute atomic E-state index is 17.3. The number of thioether (sulfide) groups is 1. The Kier molecular flexibility index (Phi) is 6.09. The van der Waals surface area contributed by atoms with Gasteiger partial charge in [-0.3, -0.25) is 4.79 Å². The van der Waals surface area contributed by atoms with E-state index in [0.717, 1.165) is 10.3 Å². The average Bonchev–Trinajstić information content (AvgIpc) is 3.40. The molecule has 3 fully saturated rings. The molecule has 4 aliphatic carbocycles. The van der Waals surface area contributed by atoms with Crippen LogP contribution in [-0.2, 0) is 14.3 Å². The van der Waals surface area contributed by atoms with Crippen molar-refractivity contribution in [2.45, 2.75) is 67.8 Å². The van der Waals surface area contributed by atoms with Crippen LogP contribution in [0.3, 0.4) is 0 Å². The molecule has 200 valence electrons. The number of thiophene rings is 1. The molecule has 1 heterocycles. The molecule has 0 spiro atoms. The zero-order valence-corrected chi connectivity index (χ0v) is 22.6. The molecule has 0 bridgehead atoms. The summed E-state index contributed by atoms with van der Waals surface area (Å²) in [5, 5.41) is 22.0. The zero-order valence-electron chi connectivity index (χ0n) is 21.0. The summed E-state index contributed by atoms with van der Waals surface area (Å²) in [6.07, 6.45) is 1.81. The Morgan fingerprint density at radius 2 is 1.92 bits per heavy atom. The van der Waals surface area contributed by atoms with E-state index in [0.29, 0.717) is 0 Å². The number of carboxylic acids is 1. The Labute approximate surface area is 222 Å². The molecule has 9 atom stereocenters. The maximum atomic E-state index is 17.3. The van der Waals surface area contributed by atoms with E-state index in [-0.39, 0.29) is 29.7 Å². The van der Waals surface area contributed by atoms with Crippen molar-refractivity contribution in [2.24, 2.45) is 28.6 Å². The first-order chi connectivity index (χ1) is 17.3. The van der Waals surface area contributed by atoms with Gasteiger partial charge in [-0.1, -0.05) is 19.9 Å². The van der Waals surface area contributed by atoms with Crippen molar-refractivity contribution in [3.63, 3.8) is 0 Å². The predicted octanol–water partition coefficient (Wildman–Crippen LogP) is 5.02. The number of ketones is 1. The lowest BCUT2D eigenvalue weighted by Gasteiger charge is -2.62. The highest BCUT2D eigenvalue weighted by atomic mass is 32.2. The highest BCUT2D eigenvalue weighted by Gasteiger charge is 2.78. The van der Waals surface area contributed by atoms with Crippen LogP contribution >= 0.6 is 23.1 Å². The number of carbonyl (C=O) groups is 3. The van der Waals surface area contributed by atoms with E-state index in [4.69, 9.17) is 4.74 Å². The van der Waals surface area contributed by atoms with E-state index in [1.165, 1.54) is 42.2 Å². The van der Waals surface area contributed by atoms with Crippen LogP contribution in [-0.4, -0.2) is 57.7 Å². The van der Waals surface area contributed by atoms with Crippen molar-refractivity contribution < 1.29 is 38.1 Å². The quantitative estimate of drug-likeness (QED) is 0.400. The number of fused-ring (bicyclic) bond motifs is 5. The molecular weight excluding hydrogens is 522 g/mol. The summed E-state index contributed by atoms with van der Waals surface area (Å²) >= 11 is 2.64. The van der Waals surface area contributed by atoms with Crippen LogP contribution in [0.15, 0.2) is 40.1 Å². The fourth-order valence-electron chi connectivity index (χ4n) is 7.98. The van der Waals surface area contributed by atoms with Gasteiger partial charge in [0.1, 0.15) is 11.0 Å². The third kappa shape index (κ3) is 3.27. The van der Waals surface area contributed by atoms with Gasteiger partial charge in [-0.15, -0.1) is 23.1 Å². The number of carboxylic acid groups (broad SMARTS) is 1. The molecule has 0 aromatic carbocycles. The van der Waals surface area contributed by atoms with Crippen molar-refractivity contribution in [1.29, 1.82) is 0 Å². The molecule has 10 heteroatoms. The molecule has 0 aliphatic heterocycles. The molecule has 0 radical (unpaired) electrons. The summed E-state index contributed by atoms with van der Waals surface area (Å²) in [5.74, 6) is -5.04. The minimum Gasteiger partial charge on any atom is -0.478 e. The number of esters is 1. The van der Waals surface area contributed by atoms with Crippen molar-refractivity contribution in [1.82, 2.24) is 0 Å². The van der Waals surface area contributed by atoms with Crippen LogP contribution in [0.1, 0.15) is 49.7 Å². The molecule has 5 rings (SSSR count). The number of hydrogen-bond donors (Lipinski definition) is 2. The summed E-state index contributed by atoms with van der Waals surface area (Å²) < 4.78 is 39.7. The van der Waals surface area contributed by atoms with Gasteiger partial charge in [0, 0.05) is 22.7 Å². The van der Waals surface area contributed by atoms with Gasteiger partial charge in [-0.25, -0.2) is 18.4 Å². The number of hydrogen-bond acceptors (Lipinski definition) is 7. The molecule has 0 unspecified atom stereocenters. The molecule has 0 amide bonds. The minimum atomic E-state index is -2.33. The van der Waals surface area contributed by atoms with Crippen LogP contribution < -0.4 is 0 Å². The van der Waals surface area contributed by atoms with Crippen LogP contribution in [0.4, 0.5) is 8.78 Å². The SMILES string of the molecule is CSc1ccc(C(=O)O[C@]2(C(=O)O)[C@H](C)C[C@H]3[C@@H]4C[C@H](F)C5=CC(=O)C=C[C@]5(C)[C@@]4(F)[C@@H](O)C[C@@]32C)s1. The highest BCUT2D eigenvalue weighted by Crippen LogP contribution is 2.71. The number of ether oxygens (including phenoxy) is 1. The molecule has 2 N–H and O–H groups in total. The van der Waals surface area contributed by atoms with Gasteiger partial charge in [-0.2, -0.15) is 0 Å². The summed E-state index contributed by atoms with van der Waals surface area (Å²) in [6.45, 7) is 4.77. The van der Waals surface area contributed by atoms with Gasteiger partial charge in [-0.05, 0) is 68.2 Å². The van der Waals surface area contributed by atoms with E-state index in [9.17, 15) is 24.6 Å². The number of aliphatic hydroxyl groups excluding tert-OH is 1. The fraction of sp³-hybridized carbons (Fsp3) is 0.593. The van der Waals surface area contributed by atoms with Gasteiger partial charge in [0.2, 0.25) is 5.60 Å². The van der Waals surface area contributed by atoms with Crippen molar-refractivity contribution >= 4 is 40.8 Å². The van der Waals surface area contributed by atoms with Gasteiger partial charge in [0.05, 0.1) is 10.3 Å². The molecule has 37 heavy (non-hydrogen) atoms. The summed E-state index contributed by atoms with van der Waals surface area (Å²) in [6, 6.07) is 3.33. The summed E-state index contributed by atoms with van der Waals surface area (Å²) in [5.41, 5.74) is -7.29. The highest BCUT2D eigenvalue weighted by molar-refractivity contribution is 8.00. The number of allylic oxidation sites excluding steroid dienone is 4. The standard InChI is InChI=1S/C27H30F2O6S2/c1-13-9-15-16-11-18(28)17-10-14(30)7-8-24(17,2)26(16,29)20(31)12-25(15,3)27(13,23(33)34)35-22(32)19-5-6-21(36-4)37-19/h5-8,10,13,15-16,18,20,31H,9,11-12H2,1-4H3,(H,33,34)/t13-,15+,16+,18+,20+,24+,25+,26+,27+/m1/s1. The molecule has 4 aliphatic rings. The van der Waals surface area contributed by atoms with Gasteiger partial charge in [0.15, 0.2) is 11.5 Å². The summed E-state index contributed by atoms with van der Waals surface area (Å²) in [4.78, 5) is 38.4. The van der Waals surface area contributed by atoms with Crippen LogP contribution in [0.5, 0.6) is 0 Å². The van der Waals surface area contributed by atoms with E-state index >= 15 is 8.78 Å². The Hall–Kier alpha value is -2.04. The number of aliphatic hydroxyl groups is 1. The van der Waals surface area contributed by atoms with Crippen LogP contribution in [0.2, 0.25) is 0 Å². The zero-order chi connectivity index (χ0) is 27.1. The second kappa shape index (κ2) is 8.48. The lowest BCUT2D eigenvalue weighted by molar-refractivity contribution is -0.229. The Balaban J connectivity index is 1.60. The van der Waals surface area contributed by atoms with Crippen LogP contribution in [0.25, 0.3) is 0 Å². The number of carbonyl (C=O) groups excluding carboxylic acids is 2. The molecule has 3 saturated carbocycles. The molecule has 0 saturated heterocycles. The van der Waals surface area contributed by atoms with Gasteiger partial charge in [0.25, 0.3) is 0 Å². The Morgan fingerprint density at radius 3 is 2.54 bits per heavy atom. The van der Waals surface area contributed by atoms with Crippen molar-refractivity contribution in [2.75, 3.05) is 6.26 Å². The topological polar surface area (TPSA) is 101 Å². The van der Waals surface area contributed by atoms with E-state index in [1.54, 1.807) is 26.0 Å². The predicted molar refractivity (Wildman–Crippen MR) is 135 cm³/mol. The van der Waals surface area contributed by atoms with Gasteiger partial charge >= 0.3 is 11.9 Å². The first-order valence-corrected chi connectivity index (χ1v) is 14.4. The largest absolute Gasteiger partial charge is 0.478 e. The number of aliphatic carboxylic acids is 1. The Bertz CT molecular complexity index is 1240. The molecule has 1 aromatic rings. The van der Waals surface area contributed by atoms with Gasteiger partial charge < -0.3 is 14.9 Å².